The smallest absolute Gasteiger partial charge is 0.0547 e. The molecular formula is C68H46N2. The van der Waals surface area contributed by atoms with Crippen LogP contribution in [0.15, 0.2) is 279 Å². The molecule has 1 aromatic heterocycles. The number of fused-ring (bicyclic) bond motifs is 6. The molecule has 0 unspecified atom stereocenters. The Bertz CT molecular complexity index is 4020. The second-order valence-electron chi connectivity index (χ2n) is 18.1. The van der Waals surface area contributed by atoms with E-state index >= 15 is 0 Å². The zero-order chi connectivity index (χ0) is 46.4. The van der Waals surface area contributed by atoms with Crippen LogP contribution in [-0.4, -0.2) is 4.57 Å². The van der Waals surface area contributed by atoms with Gasteiger partial charge in [0, 0.05) is 33.5 Å². The van der Waals surface area contributed by atoms with E-state index in [-0.39, 0.29) is 0 Å². The van der Waals surface area contributed by atoms with Crippen molar-refractivity contribution < 1.29 is 0 Å². The van der Waals surface area contributed by atoms with Gasteiger partial charge in [0.15, 0.2) is 0 Å². The molecule has 0 N–H and O–H groups in total. The van der Waals surface area contributed by atoms with Crippen molar-refractivity contribution >= 4 is 60.4 Å². The van der Waals surface area contributed by atoms with E-state index in [1.807, 2.05) is 0 Å². The van der Waals surface area contributed by atoms with Crippen LogP contribution in [-0.2, 0) is 0 Å². The minimum Gasteiger partial charge on any atom is -0.310 e. The number of anilines is 3. The highest BCUT2D eigenvalue weighted by atomic mass is 15.1. The summed E-state index contributed by atoms with van der Waals surface area (Å²) in [5, 5.41) is 7.57. The number of nitrogens with zero attached hydrogens (tertiary/aromatic N) is 2. The van der Waals surface area contributed by atoms with Gasteiger partial charge in [-0.3, -0.25) is 0 Å². The Balaban J connectivity index is 0.881. The van der Waals surface area contributed by atoms with Crippen LogP contribution in [0, 0.1) is 0 Å². The molecule has 13 rings (SSSR count). The van der Waals surface area contributed by atoms with Crippen LogP contribution >= 0.6 is 0 Å². The van der Waals surface area contributed by atoms with Gasteiger partial charge in [-0.05, 0) is 150 Å². The zero-order valence-electron chi connectivity index (χ0n) is 38.5. The van der Waals surface area contributed by atoms with E-state index in [0.29, 0.717) is 0 Å². The molecule has 0 aliphatic carbocycles. The van der Waals surface area contributed by atoms with Crippen LogP contribution in [0.25, 0.3) is 105 Å². The maximum atomic E-state index is 2.39. The summed E-state index contributed by atoms with van der Waals surface area (Å²) < 4.78 is 2.39. The molecule has 1 heterocycles. The third kappa shape index (κ3) is 7.40. The zero-order valence-corrected chi connectivity index (χ0v) is 38.5. The van der Waals surface area contributed by atoms with Gasteiger partial charge in [-0.1, -0.05) is 206 Å². The molecule has 0 atom stereocenters. The first-order chi connectivity index (χ1) is 34.7. The third-order valence-electron chi connectivity index (χ3n) is 14.0. The van der Waals surface area contributed by atoms with Crippen molar-refractivity contribution in [3.05, 3.63) is 279 Å². The van der Waals surface area contributed by atoms with Gasteiger partial charge in [0.05, 0.1) is 11.0 Å². The van der Waals surface area contributed by atoms with Crippen LogP contribution in [0.1, 0.15) is 0 Å². The molecule has 70 heavy (non-hydrogen) atoms. The minimum atomic E-state index is 1.08. The van der Waals surface area contributed by atoms with Crippen LogP contribution in [0.3, 0.4) is 0 Å². The molecule has 0 aliphatic heterocycles. The molecule has 0 amide bonds. The summed E-state index contributed by atoms with van der Waals surface area (Å²) >= 11 is 0. The van der Waals surface area contributed by atoms with E-state index in [1.54, 1.807) is 0 Å². The maximum absolute atomic E-state index is 2.39. The molecule has 0 saturated heterocycles. The van der Waals surface area contributed by atoms with Crippen molar-refractivity contribution in [1.82, 2.24) is 4.57 Å². The number of benzene rings is 12. The number of hydrogen-bond donors (Lipinski definition) is 0. The third-order valence-corrected chi connectivity index (χ3v) is 14.0. The monoisotopic (exact) mass is 890 g/mol. The number of aromatic nitrogens is 1. The number of hydrogen-bond acceptors (Lipinski definition) is 1. The molecule has 13 aromatic rings. The SMILES string of the molecule is c1ccc(-c2ccc(-c3ccc(N(c4ccc(-c5ccc6c(ccc7ccccc76)c5)cc4)c4cccc(-c5cccc(-c6cccc7c6c6ccccc6n7-c6ccccc6)c5)c4)cc3)cc2)cc1. The largest absolute Gasteiger partial charge is 0.310 e. The standard InChI is InChI=1S/C68H46N2/c1-3-14-47(15-4-1)48-28-30-49(31-29-48)50-34-39-59(40-35-50)69(60-41-36-51(37-42-60)55-38-43-63-57(45-55)33-32-52-16-7-8-23-62(52)63)61-22-12-18-54(46-61)53-17-11-19-56(44-53)64-25-13-27-67-68(64)65-24-9-10-26-66(65)70(67)58-20-5-2-6-21-58/h1-46H. The Kier molecular flexibility index (Phi) is 10.2. The number of para-hydroxylation sites is 2. The molecular weight excluding hydrogens is 845 g/mol. The average Bonchev–Trinajstić information content (AvgIpc) is 3.79. The van der Waals surface area contributed by atoms with E-state index in [4.69, 9.17) is 0 Å². The maximum Gasteiger partial charge on any atom is 0.0547 e. The van der Waals surface area contributed by atoms with Gasteiger partial charge in [-0.2, -0.15) is 0 Å². The van der Waals surface area contributed by atoms with Gasteiger partial charge < -0.3 is 9.47 Å². The van der Waals surface area contributed by atoms with Crippen molar-refractivity contribution in [2.75, 3.05) is 4.90 Å². The molecule has 0 aliphatic rings. The molecule has 2 nitrogen and oxygen atoms in total. The van der Waals surface area contributed by atoms with Crippen molar-refractivity contribution in [3.8, 4) is 61.3 Å². The van der Waals surface area contributed by atoms with Crippen LogP contribution in [0.2, 0.25) is 0 Å². The van der Waals surface area contributed by atoms with Gasteiger partial charge in [-0.25, -0.2) is 0 Å². The quantitative estimate of drug-likeness (QED) is 0.131. The first-order valence-electron chi connectivity index (χ1n) is 24.1. The van der Waals surface area contributed by atoms with Crippen LogP contribution in [0.4, 0.5) is 17.1 Å². The topological polar surface area (TPSA) is 8.17 Å². The second kappa shape index (κ2) is 17.4. The molecule has 328 valence electrons. The second-order valence-corrected chi connectivity index (χ2v) is 18.1. The molecule has 0 saturated carbocycles. The number of rotatable bonds is 9. The predicted molar refractivity (Wildman–Crippen MR) is 298 cm³/mol. The van der Waals surface area contributed by atoms with Crippen molar-refractivity contribution in [2.45, 2.75) is 0 Å². The molecule has 2 heteroatoms. The first-order valence-corrected chi connectivity index (χ1v) is 24.1. The summed E-state index contributed by atoms with van der Waals surface area (Å²) in [6, 6.07) is 102. The lowest BCUT2D eigenvalue weighted by Gasteiger charge is -2.26. The lowest BCUT2D eigenvalue weighted by molar-refractivity contribution is 1.18. The van der Waals surface area contributed by atoms with Gasteiger partial charge >= 0.3 is 0 Å². The molecule has 0 bridgehead atoms. The Morgan fingerprint density at radius 1 is 0.243 bits per heavy atom. The fraction of sp³-hybridized carbons (Fsp3) is 0. The van der Waals surface area contributed by atoms with Crippen LogP contribution < -0.4 is 4.90 Å². The summed E-state index contributed by atoms with van der Waals surface area (Å²) in [7, 11) is 0. The summed E-state index contributed by atoms with van der Waals surface area (Å²) in [6.45, 7) is 0. The molecule has 0 fully saturated rings. The molecule has 12 aromatic carbocycles. The average molecular weight is 891 g/mol. The van der Waals surface area contributed by atoms with E-state index in [1.165, 1.54) is 87.9 Å². The molecule has 0 radical (unpaired) electrons. The Morgan fingerprint density at radius 2 is 0.714 bits per heavy atom. The molecule has 0 spiro atoms. The van der Waals surface area contributed by atoms with E-state index in [9.17, 15) is 0 Å². The van der Waals surface area contributed by atoms with Crippen LogP contribution in [0.5, 0.6) is 0 Å². The summed E-state index contributed by atoms with van der Waals surface area (Å²) in [4.78, 5) is 2.38. The minimum absolute atomic E-state index is 1.08. The summed E-state index contributed by atoms with van der Waals surface area (Å²) in [5.41, 5.74) is 18.7. The highest BCUT2D eigenvalue weighted by Gasteiger charge is 2.18. The van der Waals surface area contributed by atoms with Crippen molar-refractivity contribution in [2.24, 2.45) is 0 Å². The van der Waals surface area contributed by atoms with Gasteiger partial charge in [0.1, 0.15) is 0 Å². The lowest BCUT2D eigenvalue weighted by atomic mass is 9.95. The fourth-order valence-electron chi connectivity index (χ4n) is 10.5. The fourth-order valence-corrected chi connectivity index (χ4v) is 10.5. The summed E-state index contributed by atoms with van der Waals surface area (Å²) in [6.07, 6.45) is 0. The van der Waals surface area contributed by atoms with E-state index < -0.39 is 0 Å². The lowest BCUT2D eigenvalue weighted by Crippen LogP contribution is -2.10. The van der Waals surface area contributed by atoms with Crippen molar-refractivity contribution in [1.29, 1.82) is 0 Å². The van der Waals surface area contributed by atoms with Crippen molar-refractivity contribution in [3.63, 3.8) is 0 Å². The van der Waals surface area contributed by atoms with Gasteiger partial charge in [-0.15, -0.1) is 0 Å². The first kappa shape index (κ1) is 41.0. The van der Waals surface area contributed by atoms with E-state index in [0.717, 1.165) is 33.9 Å². The highest BCUT2D eigenvalue weighted by molar-refractivity contribution is 6.16. The van der Waals surface area contributed by atoms with Gasteiger partial charge in [0.25, 0.3) is 0 Å². The Labute approximate surface area is 408 Å². The Hall–Kier alpha value is -9.24. The highest BCUT2D eigenvalue weighted by Crippen LogP contribution is 2.42. The Morgan fingerprint density at radius 3 is 1.44 bits per heavy atom. The summed E-state index contributed by atoms with van der Waals surface area (Å²) in [5.74, 6) is 0. The normalized spacial score (nSPS) is 11.4. The van der Waals surface area contributed by atoms with Gasteiger partial charge in [0.2, 0.25) is 0 Å². The predicted octanol–water partition coefficient (Wildman–Crippen LogP) is 18.9. The van der Waals surface area contributed by atoms with E-state index in [2.05, 4.69) is 289 Å².